The summed E-state index contributed by atoms with van der Waals surface area (Å²) >= 11 is 0. The number of nitrogens with one attached hydrogen (secondary N) is 1. The predicted molar refractivity (Wildman–Crippen MR) is 118 cm³/mol. The van der Waals surface area contributed by atoms with Gasteiger partial charge in [-0.15, -0.1) is 0 Å². The Labute approximate surface area is 178 Å². The molecule has 2 aromatic heterocycles. The van der Waals surface area contributed by atoms with Gasteiger partial charge in [-0.3, -0.25) is 4.68 Å². The number of anilines is 1. The smallest absolute Gasteiger partial charge is 0.193 e. The Hall–Kier alpha value is -3.26. The summed E-state index contributed by atoms with van der Waals surface area (Å²) in [6.45, 7) is 3.90. The highest BCUT2D eigenvalue weighted by molar-refractivity contribution is 5.90. The molecule has 0 atom stereocenters. The van der Waals surface area contributed by atoms with E-state index in [0.717, 1.165) is 55.6 Å². The van der Waals surface area contributed by atoms with Crippen LogP contribution >= 0.6 is 0 Å². The van der Waals surface area contributed by atoms with Gasteiger partial charge in [0.15, 0.2) is 17.4 Å². The van der Waals surface area contributed by atoms with Crippen LogP contribution in [0.3, 0.4) is 0 Å². The number of nitrogens with zero attached hydrogens (tertiary/aromatic N) is 5. The van der Waals surface area contributed by atoms with E-state index in [1.807, 2.05) is 6.07 Å². The summed E-state index contributed by atoms with van der Waals surface area (Å²) < 4.78 is 16.3. The topological polar surface area (TPSA) is 79.1 Å². The van der Waals surface area contributed by atoms with E-state index in [1.54, 1.807) is 19.3 Å². The molecule has 31 heavy (non-hydrogen) atoms. The first-order valence-corrected chi connectivity index (χ1v) is 10.7. The van der Waals surface area contributed by atoms with Crippen molar-refractivity contribution in [3.05, 3.63) is 42.0 Å². The number of fused-ring (bicyclic) bond motifs is 2. The first-order valence-electron chi connectivity index (χ1n) is 10.7. The van der Waals surface area contributed by atoms with E-state index in [0.29, 0.717) is 22.7 Å². The lowest BCUT2D eigenvalue weighted by molar-refractivity contribution is 0.437. The normalized spacial score (nSPS) is 17.0. The fraction of sp³-hybridized carbons (Fsp3) is 0.348. The van der Waals surface area contributed by atoms with Crippen molar-refractivity contribution in [2.75, 3.05) is 31.1 Å². The molecule has 2 fully saturated rings. The minimum Gasteiger partial charge on any atom is -0.504 e. The van der Waals surface area contributed by atoms with E-state index in [1.165, 1.54) is 10.4 Å². The molecule has 1 aliphatic heterocycles. The third kappa shape index (κ3) is 3.09. The summed E-state index contributed by atoms with van der Waals surface area (Å²) in [6.07, 6.45) is 3.90. The highest BCUT2D eigenvalue weighted by Gasteiger charge is 2.29. The molecule has 158 valence electrons. The van der Waals surface area contributed by atoms with Gasteiger partial charge in [-0.1, -0.05) is 0 Å². The highest BCUT2D eigenvalue weighted by atomic mass is 19.1. The lowest BCUT2D eigenvalue weighted by atomic mass is 10.1. The lowest BCUT2D eigenvalue weighted by Gasteiger charge is -2.29. The molecule has 6 rings (SSSR count). The van der Waals surface area contributed by atoms with Gasteiger partial charge in [0.1, 0.15) is 5.52 Å². The maximum atomic E-state index is 14.8. The zero-order valence-electron chi connectivity index (χ0n) is 17.3. The molecule has 0 unspecified atom stereocenters. The zero-order valence-corrected chi connectivity index (χ0v) is 17.3. The van der Waals surface area contributed by atoms with Crippen molar-refractivity contribution in [1.29, 1.82) is 0 Å². The van der Waals surface area contributed by atoms with Crippen LogP contribution in [0.4, 0.5) is 10.1 Å². The van der Waals surface area contributed by atoms with Gasteiger partial charge >= 0.3 is 0 Å². The van der Waals surface area contributed by atoms with Crippen LogP contribution in [0.15, 0.2) is 30.5 Å². The second-order valence-electron chi connectivity index (χ2n) is 8.47. The number of aromatic nitrogens is 4. The summed E-state index contributed by atoms with van der Waals surface area (Å²) in [7, 11) is 1.73. The molecule has 8 heteroatoms. The summed E-state index contributed by atoms with van der Waals surface area (Å²) in [5.74, 6) is -0.452. The number of halogens is 1. The Kier molecular flexibility index (Phi) is 4.11. The molecule has 0 spiro atoms. The van der Waals surface area contributed by atoms with Crippen molar-refractivity contribution in [3.8, 4) is 17.1 Å². The summed E-state index contributed by atoms with van der Waals surface area (Å²) in [4.78, 5) is 11.9. The number of phenolic OH excluding ortho intramolecular Hbond substituents is 1. The van der Waals surface area contributed by atoms with Crippen LogP contribution in [0.2, 0.25) is 0 Å². The largest absolute Gasteiger partial charge is 0.504 e. The number of phenols is 1. The number of piperazine rings is 1. The van der Waals surface area contributed by atoms with E-state index in [-0.39, 0.29) is 5.52 Å². The van der Waals surface area contributed by atoms with E-state index in [2.05, 4.69) is 27.4 Å². The second kappa shape index (κ2) is 6.88. The first-order chi connectivity index (χ1) is 15.1. The number of aromatic hydroxyl groups is 1. The highest BCUT2D eigenvalue weighted by Crippen LogP contribution is 2.44. The molecule has 1 aliphatic carbocycles. The molecular weight excluding hydrogens is 395 g/mol. The molecule has 0 radical (unpaired) electrons. The monoisotopic (exact) mass is 418 g/mol. The van der Waals surface area contributed by atoms with Crippen LogP contribution in [0.5, 0.6) is 5.75 Å². The third-order valence-electron chi connectivity index (χ3n) is 6.22. The molecule has 3 heterocycles. The second-order valence-corrected chi connectivity index (χ2v) is 8.47. The Morgan fingerprint density at radius 1 is 1.13 bits per heavy atom. The number of hydrogen-bond donors (Lipinski definition) is 2. The van der Waals surface area contributed by atoms with Crippen molar-refractivity contribution in [2.24, 2.45) is 7.05 Å². The third-order valence-corrected chi connectivity index (χ3v) is 6.22. The van der Waals surface area contributed by atoms with E-state index >= 15 is 0 Å². The molecule has 1 saturated heterocycles. The van der Waals surface area contributed by atoms with Gasteiger partial charge in [0.25, 0.3) is 0 Å². The predicted octanol–water partition coefficient (Wildman–Crippen LogP) is 3.32. The van der Waals surface area contributed by atoms with Gasteiger partial charge in [0.2, 0.25) is 0 Å². The number of rotatable bonds is 3. The standard InChI is InChI=1S/C23H23FN6O/c1-29-12-14-10-17(22(31)19(24)21(14)28-29)23-26-18-5-4-15(30-8-6-25-7-9-30)11-16(18)20(27-23)13-2-3-13/h4-5,10-13,25,31H,2-3,6-9H2,1H3. The molecule has 2 aliphatic rings. The van der Waals surface area contributed by atoms with Crippen LogP contribution in [0, 0.1) is 5.82 Å². The van der Waals surface area contributed by atoms with Gasteiger partial charge in [0.05, 0.1) is 16.8 Å². The molecule has 7 nitrogen and oxygen atoms in total. The molecule has 2 aromatic carbocycles. The van der Waals surface area contributed by atoms with Crippen molar-refractivity contribution in [3.63, 3.8) is 0 Å². The average molecular weight is 418 g/mol. The number of hydrogen-bond acceptors (Lipinski definition) is 6. The SMILES string of the molecule is Cn1cc2cc(-c3nc(C4CC4)c4cc(N5CCNCC5)ccc4n3)c(O)c(F)c2n1. The maximum Gasteiger partial charge on any atom is 0.193 e. The van der Waals surface area contributed by atoms with Crippen LogP contribution < -0.4 is 10.2 Å². The van der Waals surface area contributed by atoms with Gasteiger partial charge in [0, 0.05) is 61.8 Å². The zero-order chi connectivity index (χ0) is 21.1. The molecule has 2 N–H and O–H groups in total. The fourth-order valence-electron chi connectivity index (χ4n) is 4.46. The van der Waals surface area contributed by atoms with Crippen molar-refractivity contribution in [2.45, 2.75) is 18.8 Å². The van der Waals surface area contributed by atoms with Crippen LogP contribution in [0.25, 0.3) is 33.2 Å². The van der Waals surface area contributed by atoms with Crippen LogP contribution in [-0.4, -0.2) is 51.0 Å². The first kappa shape index (κ1) is 18.5. The van der Waals surface area contributed by atoms with Crippen molar-refractivity contribution < 1.29 is 9.50 Å². The summed E-state index contributed by atoms with van der Waals surface area (Å²) in [6, 6.07) is 8.00. The average Bonchev–Trinajstić information content (AvgIpc) is 3.57. The Morgan fingerprint density at radius 2 is 1.94 bits per heavy atom. The van der Waals surface area contributed by atoms with Crippen molar-refractivity contribution >= 4 is 27.5 Å². The molecule has 4 aromatic rings. The van der Waals surface area contributed by atoms with Crippen molar-refractivity contribution in [1.82, 2.24) is 25.1 Å². The Balaban J connectivity index is 1.52. The molecule has 1 saturated carbocycles. The summed E-state index contributed by atoms with van der Waals surface area (Å²) in [5, 5.41) is 19.7. The number of aryl methyl sites for hydroxylation is 1. The van der Waals surface area contributed by atoms with Gasteiger partial charge in [-0.05, 0) is 37.1 Å². The maximum absolute atomic E-state index is 14.8. The van der Waals surface area contributed by atoms with E-state index in [9.17, 15) is 9.50 Å². The minimum absolute atomic E-state index is 0.146. The fourth-order valence-corrected chi connectivity index (χ4v) is 4.46. The van der Waals surface area contributed by atoms with Gasteiger partial charge in [-0.25, -0.2) is 14.4 Å². The minimum atomic E-state index is -0.737. The van der Waals surface area contributed by atoms with Crippen LogP contribution in [-0.2, 0) is 7.05 Å². The quantitative estimate of drug-likeness (QED) is 0.531. The molecule has 0 bridgehead atoms. The number of benzene rings is 2. The van der Waals surface area contributed by atoms with Gasteiger partial charge < -0.3 is 15.3 Å². The molecule has 0 amide bonds. The van der Waals surface area contributed by atoms with E-state index in [4.69, 9.17) is 9.97 Å². The van der Waals surface area contributed by atoms with Crippen LogP contribution in [0.1, 0.15) is 24.5 Å². The Morgan fingerprint density at radius 3 is 2.71 bits per heavy atom. The summed E-state index contributed by atoms with van der Waals surface area (Å²) in [5.41, 5.74) is 3.43. The van der Waals surface area contributed by atoms with Gasteiger partial charge in [-0.2, -0.15) is 5.10 Å². The molecular formula is C23H23FN6O. The lowest BCUT2D eigenvalue weighted by Crippen LogP contribution is -2.43. The van der Waals surface area contributed by atoms with E-state index < -0.39 is 11.6 Å². The Bertz CT molecular complexity index is 1320.